The van der Waals surface area contributed by atoms with E-state index in [1.807, 2.05) is 25.1 Å². The van der Waals surface area contributed by atoms with E-state index in [0.29, 0.717) is 23.5 Å². The lowest BCUT2D eigenvalue weighted by molar-refractivity contribution is 0.297. The van der Waals surface area contributed by atoms with E-state index < -0.39 is 0 Å². The molecule has 0 saturated heterocycles. The monoisotopic (exact) mass is 346 g/mol. The second-order valence-electron chi connectivity index (χ2n) is 5.88. The van der Waals surface area contributed by atoms with Gasteiger partial charge < -0.3 is 4.74 Å². The minimum absolute atomic E-state index is 0.276. The first kappa shape index (κ1) is 16.1. The van der Waals surface area contributed by atoms with Gasteiger partial charge in [-0.3, -0.25) is 4.98 Å². The number of ether oxygens (including phenoxy) is 1. The van der Waals surface area contributed by atoms with Crippen molar-refractivity contribution in [2.24, 2.45) is 0 Å². The first-order chi connectivity index (χ1) is 12.7. The molecule has 0 spiro atoms. The molecule has 0 aliphatic heterocycles. The third-order valence-electron chi connectivity index (χ3n) is 3.98. The highest BCUT2D eigenvalue weighted by molar-refractivity contribution is 5.84. The van der Waals surface area contributed by atoms with Crippen LogP contribution in [-0.2, 0) is 6.61 Å². The maximum Gasteiger partial charge on any atom is 0.226 e. The number of aryl methyl sites for hydroxylation is 1. The standard InChI is InChI=1S/C20H15FN4O/c1-13-2-3-14(9-22-13)11-26-20-18-8-16(10-23-19(18)24-12-25-20)15-4-6-17(21)7-5-15/h2-10,12H,11H2,1H3. The summed E-state index contributed by atoms with van der Waals surface area (Å²) in [7, 11) is 0. The predicted octanol–water partition coefficient (Wildman–Crippen LogP) is 4.11. The number of benzene rings is 1. The van der Waals surface area contributed by atoms with Crippen molar-refractivity contribution in [3.05, 3.63) is 78.3 Å². The van der Waals surface area contributed by atoms with E-state index in [2.05, 4.69) is 19.9 Å². The third-order valence-corrected chi connectivity index (χ3v) is 3.98. The molecule has 0 fully saturated rings. The van der Waals surface area contributed by atoms with Crippen LogP contribution in [0, 0.1) is 12.7 Å². The molecule has 6 heteroatoms. The number of aromatic nitrogens is 4. The fraction of sp³-hybridized carbons (Fsp3) is 0.100. The fourth-order valence-electron chi connectivity index (χ4n) is 2.57. The number of halogens is 1. The molecule has 4 rings (SSSR count). The molecule has 0 unspecified atom stereocenters. The van der Waals surface area contributed by atoms with Gasteiger partial charge in [0.25, 0.3) is 0 Å². The lowest BCUT2D eigenvalue weighted by Gasteiger charge is -2.09. The Balaban J connectivity index is 1.66. The van der Waals surface area contributed by atoms with Crippen molar-refractivity contribution in [1.29, 1.82) is 0 Å². The molecule has 0 N–H and O–H groups in total. The quantitative estimate of drug-likeness (QED) is 0.556. The number of nitrogens with zero attached hydrogens (tertiary/aromatic N) is 4. The molecule has 0 aliphatic carbocycles. The summed E-state index contributed by atoms with van der Waals surface area (Å²) in [6.07, 6.45) is 4.91. The fourth-order valence-corrected chi connectivity index (χ4v) is 2.57. The van der Waals surface area contributed by atoms with Gasteiger partial charge in [0, 0.05) is 29.2 Å². The van der Waals surface area contributed by atoms with E-state index in [1.54, 1.807) is 24.5 Å². The number of hydrogen-bond acceptors (Lipinski definition) is 5. The number of fused-ring (bicyclic) bond motifs is 1. The van der Waals surface area contributed by atoms with Gasteiger partial charge in [-0.1, -0.05) is 18.2 Å². The van der Waals surface area contributed by atoms with Gasteiger partial charge in [-0.05, 0) is 36.8 Å². The summed E-state index contributed by atoms with van der Waals surface area (Å²) in [5.41, 5.74) is 4.15. The Morgan fingerprint density at radius 3 is 2.50 bits per heavy atom. The van der Waals surface area contributed by atoms with E-state index >= 15 is 0 Å². The van der Waals surface area contributed by atoms with Crippen LogP contribution in [0.15, 0.2) is 61.2 Å². The van der Waals surface area contributed by atoms with Crippen LogP contribution in [0.4, 0.5) is 4.39 Å². The van der Waals surface area contributed by atoms with Crippen molar-refractivity contribution in [2.75, 3.05) is 0 Å². The van der Waals surface area contributed by atoms with Crippen LogP contribution in [0.25, 0.3) is 22.2 Å². The SMILES string of the molecule is Cc1ccc(COc2ncnc3ncc(-c4ccc(F)cc4)cc23)cn1. The Bertz CT molecular complexity index is 1050. The van der Waals surface area contributed by atoms with Crippen LogP contribution in [-0.4, -0.2) is 19.9 Å². The molecule has 128 valence electrons. The molecule has 26 heavy (non-hydrogen) atoms. The Morgan fingerprint density at radius 1 is 0.885 bits per heavy atom. The summed E-state index contributed by atoms with van der Waals surface area (Å²) in [5.74, 6) is 0.175. The molecule has 0 atom stereocenters. The second kappa shape index (κ2) is 6.84. The first-order valence-corrected chi connectivity index (χ1v) is 8.10. The lowest BCUT2D eigenvalue weighted by atomic mass is 10.1. The summed E-state index contributed by atoms with van der Waals surface area (Å²) in [5, 5.41) is 0.703. The molecule has 4 aromatic rings. The third kappa shape index (κ3) is 3.35. The number of pyridine rings is 2. The van der Waals surface area contributed by atoms with Crippen molar-refractivity contribution in [3.8, 4) is 17.0 Å². The maximum atomic E-state index is 13.1. The molecule has 0 aliphatic rings. The molecule has 5 nitrogen and oxygen atoms in total. The largest absolute Gasteiger partial charge is 0.472 e. The summed E-state index contributed by atoms with van der Waals surface area (Å²) in [6, 6.07) is 12.1. The van der Waals surface area contributed by atoms with Gasteiger partial charge in [-0.2, -0.15) is 0 Å². The lowest BCUT2D eigenvalue weighted by Crippen LogP contribution is -2.00. The van der Waals surface area contributed by atoms with Crippen LogP contribution >= 0.6 is 0 Å². The zero-order valence-electron chi connectivity index (χ0n) is 14.1. The molecule has 0 radical (unpaired) electrons. The van der Waals surface area contributed by atoms with Crippen molar-refractivity contribution < 1.29 is 9.13 Å². The normalized spacial score (nSPS) is 10.8. The summed E-state index contributed by atoms with van der Waals surface area (Å²) < 4.78 is 19.0. The van der Waals surface area contributed by atoms with Gasteiger partial charge in [0.2, 0.25) is 5.88 Å². The molecule has 0 bridgehead atoms. The van der Waals surface area contributed by atoms with Crippen LogP contribution in [0.1, 0.15) is 11.3 Å². The maximum absolute atomic E-state index is 13.1. The van der Waals surface area contributed by atoms with Crippen molar-refractivity contribution in [2.45, 2.75) is 13.5 Å². The van der Waals surface area contributed by atoms with Gasteiger partial charge in [-0.15, -0.1) is 0 Å². The van der Waals surface area contributed by atoms with Crippen LogP contribution in [0.5, 0.6) is 5.88 Å². The zero-order valence-corrected chi connectivity index (χ0v) is 14.1. The molecule has 1 aromatic carbocycles. The highest BCUT2D eigenvalue weighted by Gasteiger charge is 2.09. The molecular weight excluding hydrogens is 331 g/mol. The smallest absolute Gasteiger partial charge is 0.226 e. The van der Waals surface area contributed by atoms with Crippen LogP contribution < -0.4 is 4.74 Å². The summed E-state index contributed by atoms with van der Waals surface area (Å²) in [6.45, 7) is 2.28. The molecule has 0 amide bonds. The Hall–Kier alpha value is -3.41. The Labute approximate surface area is 149 Å². The summed E-state index contributed by atoms with van der Waals surface area (Å²) >= 11 is 0. The minimum Gasteiger partial charge on any atom is -0.472 e. The zero-order chi connectivity index (χ0) is 17.9. The van der Waals surface area contributed by atoms with Crippen LogP contribution in [0.3, 0.4) is 0 Å². The Morgan fingerprint density at radius 2 is 1.73 bits per heavy atom. The topological polar surface area (TPSA) is 60.8 Å². The first-order valence-electron chi connectivity index (χ1n) is 8.10. The second-order valence-corrected chi connectivity index (χ2v) is 5.88. The van der Waals surface area contributed by atoms with Crippen LogP contribution in [0.2, 0.25) is 0 Å². The average Bonchev–Trinajstić information content (AvgIpc) is 2.68. The van der Waals surface area contributed by atoms with Crippen molar-refractivity contribution >= 4 is 11.0 Å². The highest BCUT2D eigenvalue weighted by Crippen LogP contribution is 2.27. The molecular formula is C20H15FN4O. The summed E-state index contributed by atoms with van der Waals surface area (Å²) in [4.78, 5) is 17.0. The van der Waals surface area contributed by atoms with Gasteiger partial charge in [0.15, 0.2) is 5.65 Å². The van der Waals surface area contributed by atoms with Gasteiger partial charge in [0.1, 0.15) is 18.8 Å². The molecule has 3 heterocycles. The van der Waals surface area contributed by atoms with E-state index in [0.717, 1.165) is 22.4 Å². The van der Waals surface area contributed by atoms with E-state index in [4.69, 9.17) is 4.74 Å². The minimum atomic E-state index is -0.276. The van der Waals surface area contributed by atoms with Gasteiger partial charge in [-0.25, -0.2) is 19.3 Å². The number of hydrogen-bond donors (Lipinski definition) is 0. The van der Waals surface area contributed by atoms with Gasteiger partial charge in [0.05, 0.1) is 5.39 Å². The highest BCUT2D eigenvalue weighted by atomic mass is 19.1. The average molecular weight is 346 g/mol. The van der Waals surface area contributed by atoms with Crippen molar-refractivity contribution in [3.63, 3.8) is 0 Å². The predicted molar refractivity (Wildman–Crippen MR) is 96.0 cm³/mol. The number of rotatable bonds is 4. The molecule has 3 aromatic heterocycles. The van der Waals surface area contributed by atoms with Crippen molar-refractivity contribution in [1.82, 2.24) is 19.9 Å². The van der Waals surface area contributed by atoms with E-state index in [-0.39, 0.29) is 5.82 Å². The molecule has 0 saturated carbocycles. The van der Waals surface area contributed by atoms with Gasteiger partial charge >= 0.3 is 0 Å². The Kier molecular flexibility index (Phi) is 4.23. The van der Waals surface area contributed by atoms with E-state index in [9.17, 15) is 4.39 Å². The van der Waals surface area contributed by atoms with E-state index in [1.165, 1.54) is 18.5 Å².